The summed E-state index contributed by atoms with van der Waals surface area (Å²) in [5.74, 6) is 0. The van der Waals surface area contributed by atoms with Gasteiger partial charge in [0.15, 0.2) is 0 Å². The minimum Gasteiger partial charge on any atom is -0.379 e. The van der Waals surface area contributed by atoms with Crippen LogP contribution in [0.4, 0.5) is 13.2 Å². The standard InChI is InChI=1S/C8H15F3N2O/c9-8(10,11)7-12-1-2-13-3-5-14-6-4-13/h12H,1-7H2. The van der Waals surface area contributed by atoms with Gasteiger partial charge in [-0.15, -0.1) is 0 Å². The molecule has 1 fully saturated rings. The van der Waals surface area contributed by atoms with Crippen molar-refractivity contribution < 1.29 is 17.9 Å². The van der Waals surface area contributed by atoms with E-state index < -0.39 is 12.7 Å². The average molecular weight is 212 g/mol. The van der Waals surface area contributed by atoms with Gasteiger partial charge in [-0.05, 0) is 0 Å². The van der Waals surface area contributed by atoms with Gasteiger partial charge in [-0.1, -0.05) is 0 Å². The molecule has 0 aromatic heterocycles. The zero-order chi connectivity index (χ0) is 10.4. The SMILES string of the molecule is FC(F)(F)CNCCN1CCOCC1. The lowest BCUT2D eigenvalue weighted by molar-refractivity contribution is -0.124. The van der Waals surface area contributed by atoms with E-state index >= 15 is 0 Å². The van der Waals surface area contributed by atoms with Crippen LogP contribution in [0.5, 0.6) is 0 Å². The summed E-state index contributed by atoms with van der Waals surface area (Å²) in [6.07, 6.45) is -4.11. The number of alkyl halides is 3. The van der Waals surface area contributed by atoms with Crippen molar-refractivity contribution in [3.63, 3.8) is 0 Å². The normalized spacial score (nSPS) is 19.9. The molecule has 0 radical (unpaired) electrons. The van der Waals surface area contributed by atoms with Crippen LogP contribution in [0.15, 0.2) is 0 Å². The fraction of sp³-hybridized carbons (Fsp3) is 1.00. The van der Waals surface area contributed by atoms with Crippen molar-refractivity contribution in [3.05, 3.63) is 0 Å². The molecule has 0 aromatic rings. The molecule has 0 unspecified atom stereocenters. The Labute approximate surface area is 81.2 Å². The number of nitrogens with zero attached hydrogens (tertiary/aromatic N) is 1. The van der Waals surface area contributed by atoms with Crippen LogP contribution in [0.3, 0.4) is 0 Å². The van der Waals surface area contributed by atoms with Crippen molar-refractivity contribution in [1.29, 1.82) is 0 Å². The largest absolute Gasteiger partial charge is 0.401 e. The molecule has 0 atom stereocenters. The van der Waals surface area contributed by atoms with Crippen molar-refractivity contribution in [2.45, 2.75) is 6.18 Å². The molecule has 0 spiro atoms. The number of hydrogen-bond donors (Lipinski definition) is 1. The van der Waals surface area contributed by atoms with Crippen LogP contribution < -0.4 is 5.32 Å². The third-order valence-corrected chi connectivity index (χ3v) is 2.03. The Morgan fingerprint density at radius 1 is 1.21 bits per heavy atom. The van der Waals surface area contributed by atoms with Crippen molar-refractivity contribution in [2.24, 2.45) is 0 Å². The van der Waals surface area contributed by atoms with Gasteiger partial charge in [0.2, 0.25) is 0 Å². The van der Waals surface area contributed by atoms with Crippen molar-refractivity contribution in [3.8, 4) is 0 Å². The Morgan fingerprint density at radius 2 is 1.86 bits per heavy atom. The molecule has 1 heterocycles. The fourth-order valence-corrected chi connectivity index (χ4v) is 1.29. The number of halogens is 3. The van der Waals surface area contributed by atoms with Crippen LogP contribution in [0, 0.1) is 0 Å². The molecule has 14 heavy (non-hydrogen) atoms. The molecule has 6 heteroatoms. The van der Waals surface area contributed by atoms with E-state index in [2.05, 4.69) is 10.2 Å². The maximum Gasteiger partial charge on any atom is 0.401 e. The van der Waals surface area contributed by atoms with Crippen molar-refractivity contribution in [2.75, 3.05) is 45.9 Å². The lowest BCUT2D eigenvalue weighted by Gasteiger charge is -2.26. The Morgan fingerprint density at radius 3 is 2.43 bits per heavy atom. The van der Waals surface area contributed by atoms with E-state index in [-0.39, 0.29) is 0 Å². The molecular weight excluding hydrogens is 197 g/mol. The van der Waals surface area contributed by atoms with E-state index in [1.54, 1.807) is 0 Å². The first-order valence-electron chi connectivity index (χ1n) is 4.65. The zero-order valence-corrected chi connectivity index (χ0v) is 7.94. The van der Waals surface area contributed by atoms with Crippen LogP contribution in [-0.2, 0) is 4.74 Å². The molecule has 0 amide bonds. The zero-order valence-electron chi connectivity index (χ0n) is 7.94. The highest BCUT2D eigenvalue weighted by atomic mass is 19.4. The summed E-state index contributed by atoms with van der Waals surface area (Å²) in [4.78, 5) is 2.09. The van der Waals surface area contributed by atoms with Gasteiger partial charge in [0, 0.05) is 26.2 Å². The first-order valence-corrected chi connectivity index (χ1v) is 4.65. The van der Waals surface area contributed by atoms with Gasteiger partial charge in [0.1, 0.15) is 0 Å². The molecule has 1 N–H and O–H groups in total. The molecule has 0 saturated carbocycles. The predicted octanol–water partition coefficient (Wildman–Crippen LogP) is 0.470. The number of morpholine rings is 1. The Hall–Kier alpha value is -0.330. The summed E-state index contributed by atoms with van der Waals surface area (Å²) in [6, 6.07) is 0. The molecule has 0 aromatic carbocycles. The van der Waals surface area contributed by atoms with Crippen molar-refractivity contribution in [1.82, 2.24) is 10.2 Å². The third kappa shape index (κ3) is 5.41. The van der Waals surface area contributed by atoms with Crippen LogP contribution in [0.25, 0.3) is 0 Å². The monoisotopic (exact) mass is 212 g/mol. The van der Waals surface area contributed by atoms with Gasteiger partial charge in [0.25, 0.3) is 0 Å². The Kier molecular flexibility index (Phi) is 4.64. The number of nitrogens with one attached hydrogen (secondary N) is 1. The topological polar surface area (TPSA) is 24.5 Å². The summed E-state index contributed by atoms with van der Waals surface area (Å²) in [5.41, 5.74) is 0. The Balaban J connectivity index is 1.97. The van der Waals surface area contributed by atoms with Gasteiger partial charge in [0.05, 0.1) is 19.8 Å². The minimum absolute atomic E-state index is 0.375. The molecule has 84 valence electrons. The van der Waals surface area contributed by atoms with Gasteiger partial charge < -0.3 is 10.1 Å². The second kappa shape index (κ2) is 5.53. The second-order valence-electron chi connectivity index (χ2n) is 3.25. The molecule has 0 bridgehead atoms. The molecule has 0 aliphatic carbocycles. The first kappa shape index (κ1) is 11.7. The van der Waals surface area contributed by atoms with Gasteiger partial charge >= 0.3 is 6.18 Å². The molecule has 1 aliphatic rings. The highest BCUT2D eigenvalue weighted by Gasteiger charge is 2.26. The third-order valence-electron chi connectivity index (χ3n) is 2.03. The fourth-order valence-electron chi connectivity index (χ4n) is 1.29. The maximum atomic E-state index is 11.7. The molecule has 1 aliphatic heterocycles. The van der Waals surface area contributed by atoms with E-state index in [0.717, 1.165) is 13.1 Å². The predicted molar refractivity (Wildman–Crippen MR) is 46.2 cm³/mol. The lowest BCUT2D eigenvalue weighted by atomic mass is 10.4. The summed E-state index contributed by atoms with van der Waals surface area (Å²) in [5, 5.41) is 2.37. The molecule has 3 nitrogen and oxygen atoms in total. The van der Waals surface area contributed by atoms with Crippen LogP contribution >= 0.6 is 0 Å². The highest BCUT2D eigenvalue weighted by molar-refractivity contribution is 4.64. The van der Waals surface area contributed by atoms with E-state index in [1.807, 2.05) is 0 Å². The number of hydrogen-bond acceptors (Lipinski definition) is 3. The second-order valence-corrected chi connectivity index (χ2v) is 3.25. The molecular formula is C8H15F3N2O. The van der Waals surface area contributed by atoms with Gasteiger partial charge in [-0.2, -0.15) is 13.2 Å². The summed E-state index contributed by atoms with van der Waals surface area (Å²) < 4.78 is 40.3. The van der Waals surface area contributed by atoms with Crippen LogP contribution in [0.1, 0.15) is 0 Å². The highest BCUT2D eigenvalue weighted by Crippen LogP contribution is 2.11. The lowest BCUT2D eigenvalue weighted by Crippen LogP contribution is -2.41. The van der Waals surface area contributed by atoms with Crippen LogP contribution in [-0.4, -0.2) is 57.0 Å². The van der Waals surface area contributed by atoms with Gasteiger partial charge in [-0.3, -0.25) is 4.90 Å². The minimum atomic E-state index is -4.11. The average Bonchev–Trinajstić information content (AvgIpc) is 2.13. The number of ether oxygens (including phenoxy) is 1. The number of rotatable bonds is 4. The summed E-state index contributed by atoms with van der Waals surface area (Å²) in [6.45, 7) is 3.11. The Bertz CT molecular complexity index is 157. The van der Waals surface area contributed by atoms with Crippen LogP contribution in [0.2, 0.25) is 0 Å². The van der Waals surface area contributed by atoms with Crippen molar-refractivity contribution >= 4 is 0 Å². The molecule has 1 saturated heterocycles. The molecule has 1 rings (SSSR count). The first-order chi connectivity index (χ1) is 6.58. The van der Waals surface area contributed by atoms with E-state index in [1.165, 1.54) is 0 Å². The van der Waals surface area contributed by atoms with E-state index in [4.69, 9.17) is 4.74 Å². The van der Waals surface area contributed by atoms with Gasteiger partial charge in [-0.25, -0.2) is 0 Å². The summed E-state index contributed by atoms with van der Waals surface area (Å²) in [7, 11) is 0. The quantitative estimate of drug-likeness (QED) is 0.686. The summed E-state index contributed by atoms with van der Waals surface area (Å²) >= 11 is 0. The maximum absolute atomic E-state index is 11.7. The van der Waals surface area contributed by atoms with E-state index in [9.17, 15) is 13.2 Å². The smallest absolute Gasteiger partial charge is 0.379 e. The van der Waals surface area contributed by atoms with E-state index in [0.29, 0.717) is 26.3 Å².